The van der Waals surface area contributed by atoms with Crippen molar-refractivity contribution in [1.82, 2.24) is 4.90 Å². The van der Waals surface area contributed by atoms with Crippen molar-refractivity contribution in [3.8, 4) is 11.5 Å². The number of rotatable bonds is 6. The van der Waals surface area contributed by atoms with Crippen LogP contribution in [0.3, 0.4) is 0 Å². The summed E-state index contributed by atoms with van der Waals surface area (Å²) in [5.74, 6) is -0.538. The number of esters is 2. The highest BCUT2D eigenvalue weighted by atomic mass is 16.5. The summed E-state index contributed by atoms with van der Waals surface area (Å²) in [6.45, 7) is 0. The van der Waals surface area contributed by atoms with E-state index in [1.165, 1.54) is 20.6 Å². The summed E-state index contributed by atoms with van der Waals surface area (Å²) in [5.41, 5.74) is 1.40. The molecule has 1 aromatic rings. The van der Waals surface area contributed by atoms with E-state index in [-0.39, 0.29) is 6.04 Å². The predicted molar refractivity (Wildman–Crippen MR) is 111 cm³/mol. The fourth-order valence-corrected chi connectivity index (χ4v) is 4.23. The quantitative estimate of drug-likeness (QED) is 0.658. The number of hydrogen-bond acceptors (Lipinski definition) is 7. The molecule has 0 N–H and O–H groups in total. The first kappa shape index (κ1) is 21.7. The van der Waals surface area contributed by atoms with Crippen molar-refractivity contribution in [2.24, 2.45) is 0 Å². The Kier molecular flexibility index (Phi) is 7.03. The molecule has 0 saturated heterocycles. The molecule has 30 heavy (non-hydrogen) atoms. The molecule has 0 atom stereocenters. The van der Waals surface area contributed by atoms with E-state index >= 15 is 0 Å². The third-order valence-corrected chi connectivity index (χ3v) is 5.79. The lowest BCUT2D eigenvalue weighted by atomic mass is 9.82. The molecule has 0 spiro atoms. The largest absolute Gasteiger partial charge is 0.497 e. The smallest absolute Gasteiger partial charge is 0.336 e. The first-order valence-corrected chi connectivity index (χ1v) is 10.1. The van der Waals surface area contributed by atoms with E-state index in [0.717, 1.165) is 25.7 Å². The van der Waals surface area contributed by atoms with Crippen LogP contribution in [0.4, 0.5) is 0 Å². The summed E-state index contributed by atoms with van der Waals surface area (Å²) in [7, 11) is 5.79. The van der Waals surface area contributed by atoms with Gasteiger partial charge in [-0.2, -0.15) is 0 Å². The lowest BCUT2D eigenvalue weighted by Crippen LogP contribution is -2.35. The lowest BCUT2D eigenvalue weighted by molar-refractivity contribution is -0.137. The third kappa shape index (κ3) is 4.30. The number of carbonyl (C=O) groups excluding carboxylic acids is 2. The number of nitrogens with zero attached hydrogens (tertiary/aromatic N) is 1. The van der Waals surface area contributed by atoms with Crippen LogP contribution in [0.1, 0.15) is 43.6 Å². The molecule has 3 rings (SSSR count). The number of ether oxygens (including phenoxy) is 4. The molecule has 1 aliphatic carbocycles. The summed E-state index contributed by atoms with van der Waals surface area (Å²) in [6, 6.07) is 5.53. The number of carbonyl (C=O) groups is 2. The molecule has 7 nitrogen and oxygen atoms in total. The van der Waals surface area contributed by atoms with Crippen LogP contribution in [0.15, 0.2) is 41.7 Å². The average Bonchev–Trinajstić information content (AvgIpc) is 2.82. The maximum absolute atomic E-state index is 12.8. The van der Waals surface area contributed by atoms with Crippen molar-refractivity contribution in [1.29, 1.82) is 0 Å². The van der Waals surface area contributed by atoms with Crippen LogP contribution in [-0.4, -0.2) is 51.3 Å². The normalized spacial score (nSPS) is 17.7. The SMILES string of the molecule is COC(=O)C1=CN(C2CCCCC2)C=C(C(=O)OC)C1c1ccc(OC)cc1OC. The van der Waals surface area contributed by atoms with Crippen LogP contribution >= 0.6 is 0 Å². The van der Waals surface area contributed by atoms with Crippen LogP contribution in [0.5, 0.6) is 11.5 Å². The Labute approximate surface area is 177 Å². The van der Waals surface area contributed by atoms with Crippen molar-refractivity contribution in [2.75, 3.05) is 28.4 Å². The Morgan fingerprint density at radius 2 is 1.47 bits per heavy atom. The van der Waals surface area contributed by atoms with E-state index in [2.05, 4.69) is 0 Å². The fourth-order valence-electron chi connectivity index (χ4n) is 4.23. The van der Waals surface area contributed by atoms with E-state index in [4.69, 9.17) is 18.9 Å². The zero-order valence-electron chi connectivity index (χ0n) is 18.0. The van der Waals surface area contributed by atoms with Crippen molar-refractivity contribution in [3.05, 3.63) is 47.3 Å². The zero-order chi connectivity index (χ0) is 21.7. The van der Waals surface area contributed by atoms with Crippen molar-refractivity contribution in [3.63, 3.8) is 0 Å². The van der Waals surface area contributed by atoms with E-state index in [1.807, 2.05) is 17.3 Å². The van der Waals surface area contributed by atoms with E-state index in [0.29, 0.717) is 28.2 Å². The summed E-state index contributed by atoms with van der Waals surface area (Å²) in [6.07, 6.45) is 9.08. The Morgan fingerprint density at radius 1 is 0.867 bits per heavy atom. The molecule has 1 saturated carbocycles. The van der Waals surface area contributed by atoms with Crippen LogP contribution in [-0.2, 0) is 19.1 Å². The van der Waals surface area contributed by atoms with Crippen LogP contribution in [0, 0.1) is 0 Å². The molecule has 1 fully saturated rings. The van der Waals surface area contributed by atoms with Crippen LogP contribution in [0.25, 0.3) is 0 Å². The average molecular weight is 415 g/mol. The van der Waals surface area contributed by atoms with E-state index < -0.39 is 17.9 Å². The Morgan fingerprint density at radius 3 is 1.97 bits per heavy atom. The van der Waals surface area contributed by atoms with Crippen molar-refractivity contribution < 1.29 is 28.5 Å². The van der Waals surface area contributed by atoms with Gasteiger partial charge in [-0.3, -0.25) is 0 Å². The molecule has 0 bridgehead atoms. The Bertz CT molecular complexity index is 819. The third-order valence-electron chi connectivity index (χ3n) is 5.79. The molecule has 0 amide bonds. The molecule has 7 heteroatoms. The minimum absolute atomic E-state index is 0.233. The standard InChI is InChI=1S/C23H29NO6/c1-27-16-10-11-17(20(12-16)28-2)21-18(22(25)29-3)13-24(14-19(21)23(26)30-4)15-8-6-5-7-9-15/h10-15,21H,5-9H2,1-4H3. The van der Waals surface area contributed by atoms with E-state index in [9.17, 15) is 9.59 Å². The van der Waals surface area contributed by atoms with Gasteiger partial charge in [0.15, 0.2) is 0 Å². The number of benzene rings is 1. The maximum Gasteiger partial charge on any atom is 0.336 e. The molecular formula is C23H29NO6. The highest BCUT2D eigenvalue weighted by Crippen LogP contribution is 2.43. The number of methoxy groups -OCH3 is 4. The summed E-state index contributed by atoms with van der Waals surface area (Å²) >= 11 is 0. The van der Waals surface area contributed by atoms with Crippen LogP contribution < -0.4 is 9.47 Å². The minimum Gasteiger partial charge on any atom is -0.497 e. The van der Waals surface area contributed by atoms with Gasteiger partial charge in [0.1, 0.15) is 11.5 Å². The first-order chi connectivity index (χ1) is 14.5. The highest BCUT2D eigenvalue weighted by molar-refractivity contribution is 5.98. The second-order valence-electron chi connectivity index (χ2n) is 7.43. The molecule has 162 valence electrons. The van der Waals surface area contributed by atoms with Gasteiger partial charge in [-0.15, -0.1) is 0 Å². The van der Waals surface area contributed by atoms with Gasteiger partial charge >= 0.3 is 11.9 Å². The van der Waals surface area contributed by atoms with Gasteiger partial charge in [0.2, 0.25) is 0 Å². The predicted octanol–water partition coefficient (Wildman–Crippen LogP) is 3.55. The van der Waals surface area contributed by atoms with Gasteiger partial charge in [0.25, 0.3) is 0 Å². The molecule has 1 aromatic carbocycles. The zero-order valence-corrected chi connectivity index (χ0v) is 18.0. The molecule has 1 aliphatic heterocycles. The maximum atomic E-state index is 12.8. The highest BCUT2D eigenvalue weighted by Gasteiger charge is 2.38. The van der Waals surface area contributed by atoms with Gasteiger partial charge in [-0.1, -0.05) is 25.3 Å². The Hall–Kier alpha value is -2.96. The fraction of sp³-hybridized carbons (Fsp3) is 0.478. The van der Waals surface area contributed by atoms with Crippen LogP contribution in [0.2, 0.25) is 0 Å². The molecule has 2 aliphatic rings. The van der Waals surface area contributed by atoms with E-state index in [1.54, 1.807) is 32.4 Å². The minimum atomic E-state index is -0.675. The van der Waals surface area contributed by atoms with Crippen molar-refractivity contribution in [2.45, 2.75) is 44.1 Å². The molecule has 0 radical (unpaired) electrons. The lowest BCUT2D eigenvalue weighted by Gasteiger charge is -2.36. The van der Waals surface area contributed by atoms with Crippen molar-refractivity contribution >= 4 is 11.9 Å². The molecule has 0 aromatic heterocycles. The first-order valence-electron chi connectivity index (χ1n) is 10.1. The Balaban J connectivity index is 2.14. The second-order valence-corrected chi connectivity index (χ2v) is 7.43. The monoisotopic (exact) mass is 415 g/mol. The topological polar surface area (TPSA) is 74.3 Å². The molecule has 1 heterocycles. The molecular weight excluding hydrogens is 386 g/mol. The van der Waals surface area contributed by atoms with Gasteiger partial charge < -0.3 is 23.8 Å². The number of hydrogen-bond donors (Lipinski definition) is 0. The summed E-state index contributed by atoms with van der Waals surface area (Å²) in [5, 5.41) is 0. The van der Waals surface area contributed by atoms with Gasteiger partial charge in [-0.05, 0) is 18.9 Å². The summed E-state index contributed by atoms with van der Waals surface area (Å²) < 4.78 is 21.0. The van der Waals surface area contributed by atoms with Gasteiger partial charge in [0.05, 0.1) is 45.5 Å². The summed E-state index contributed by atoms with van der Waals surface area (Å²) in [4.78, 5) is 27.6. The second kappa shape index (κ2) is 9.69. The molecule has 0 unspecified atom stereocenters. The van der Waals surface area contributed by atoms with Gasteiger partial charge in [0, 0.05) is 30.1 Å². The van der Waals surface area contributed by atoms with Gasteiger partial charge in [-0.25, -0.2) is 9.59 Å².